The average Bonchev–Trinajstić information content (AvgIpc) is 2.26. The normalized spacial score (nSPS) is 9.69. The van der Waals surface area contributed by atoms with Gasteiger partial charge in [-0.25, -0.2) is 0 Å². The van der Waals surface area contributed by atoms with Gasteiger partial charge in [-0.1, -0.05) is 29.8 Å². The molecular formula is C13H18N2O. The number of nitrogens with two attached hydrogens (primary N) is 1. The van der Waals surface area contributed by atoms with Crippen LogP contribution in [0.15, 0.2) is 35.9 Å². The maximum absolute atomic E-state index is 11.4. The zero-order valence-electron chi connectivity index (χ0n) is 9.79. The third-order valence-electron chi connectivity index (χ3n) is 2.21. The molecule has 16 heavy (non-hydrogen) atoms. The summed E-state index contributed by atoms with van der Waals surface area (Å²) < 4.78 is 0. The molecule has 0 spiro atoms. The highest BCUT2D eigenvalue weighted by atomic mass is 16.1. The molecule has 0 radical (unpaired) electrons. The Morgan fingerprint density at radius 3 is 2.50 bits per heavy atom. The van der Waals surface area contributed by atoms with Gasteiger partial charge in [0.2, 0.25) is 5.91 Å². The van der Waals surface area contributed by atoms with Gasteiger partial charge in [0.25, 0.3) is 0 Å². The predicted molar refractivity (Wildman–Crippen MR) is 65.6 cm³/mol. The molecule has 0 saturated carbocycles. The number of amides is 1. The molecule has 0 fully saturated rings. The van der Waals surface area contributed by atoms with Crippen molar-refractivity contribution >= 4 is 5.91 Å². The lowest BCUT2D eigenvalue weighted by molar-refractivity contribution is -0.116. The van der Waals surface area contributed by atoms with Crippen LogP contribution in [0.5, 0.6) is 0 Å². The summed E-state index contributed by atoms with van der Waals surface area (Å²) in [7, 11) is 0. The van der Waals surface area contributed by atoms with Crippen molar-refractivity contribution in [1.29, 1.82) is 0 Å². The summed E-state index contributed by atoms with van der Waals surface area (Å²) in [5, 5.41) is 2.83. The first kappa shape index (κ1) is 12.5. The van der Waals surface area contributed by atoms with E-state index in [-0.39, 0.29) is 5.91 Å². The highest BCUT2D eigenvalue weighted by Gasteiger charge is 2.01. The van der Waals surface area contributed by atoms with Crippen molar-refractivity contribution < 1.29 is 4.79 Å². The van der Waals surface area contributed by atoms with Gasteiger partial charge in [-0.3, -0.25) is 4.79 Å². The van der Waals surface area contributed by atoms with Crippen LogP contribution in [0.2, 0.25) is 0 Å². The van der Waals surface area contributed by atoms with Crippen LogP contribution in [0.25, 0.3) is 0 Å². The topological polar surface area (TPSA) is 55.1 Å². The zero-order valence-corrected chi connectivity index (χ0v) is 9.79. The van der Waals surface area contributed by atoms with Crippen molar-refractivity contribution in [1.82, 2.24) is 5.32 Å². The maximum atomic E-state index is 11.4. The molecule has 3 heteroatoms. The molecule has 3 N–H and O–H groups in total. The minimum Gasteiger partial charge on any atom is -0.348 e. The second kappa shape index (κ2) is 6.08. The number of benzene rings is 1. The lowest BCUT2D eigenvalue weighted by atomic mass is 10.1. The molecule has 0 aromatic heterocycles. The smallest absolute Gasteiger partial charge is 0.244 e. The van der Waals surface area contributed by atoms with E-state index in [0.717, 1.165) is 16.7 Å². The fourth-order valence-corrected chi connectivity index (χ4v) is 1.42. The minimum atomic E-state index is -0.0631. The summed E-state index contributed by atoms with van der Waals surface area (Å²) in [4.78, 5) is 11.4. The molecule has 0 atom stereocenters. The van der Waals surface area contributed by atoms with Crippen LogP contribution in [-0.4, -0.2) is 5.91 Å². The second-order valence-corrected chi connectivity index (χ2v) is 3.91. The lowest BCUT2D eigenvalue weighted by Gasteiger charge is -2.07. The SMILES string of the molecule is CC(C)=CC(=O)NCc1ccccc1CN. The van der Waals surface area contributed by atoms with Gasteiger partial charge in [-0.15, -0.1) is 0 Å². The Morgan fingerprint density at radius 2 is 1.94 bits per heavy atom. The first-order chi connectivity index (χ1) is 7.63. The van der Waals surface area contributed by atoms with E-state index in [1.54, 1.807) is 6.08 Å². The molecule has 3 nitrogen and oxygen atoms in total. The van der Waals surface area contributed by atoms with Crippen molar-refractivity contribution in [2.24, 2.45) is 5.73 Å². The first-order valence-electron chi connectivity index (χ1n) is 5.33. The van der Waals surface area contributed by atoms with Crippen molar-refractivity contribution in [2.75, 3.05) is 0 Å². The van der Waals surface area contributed by atoms with Crippen molar-refractivity contribution in [2.45, 2.75) is 26.9 Å². The molecule has 0 aliphatic rings. The molecule has 1 aromatic carbocycles. The van der Waals surface area contributed by atoms with Crippen molar-refractivity contribution in [3.63, 3.8) is 0 Å². The fraction of sp³-hybridized carbons (Fsp3) is 0.308. The maximum Gasteiger partial charge on any atom is 0.244 e. The summed E-state index contributed by atoms with van der Waals surface area (Å²) in [6.07, 6.45) is 1.59. The van der Waals surface area contributed by atoms with Gasteiger partial charge in [0, 0.05) is 19.2 Å². The van der Waals surface area contributed by atoms with Crippen LogP contribution in [0.4, 0.5) is 0 Å². The summed E-state index contributed by atoms with van der Waals surface area (Å²) in [5.41, 5.74) is 8.74. The Morgan fingerprint density at radius 1 is 1.31 bits per heavy atom. The summed E-state index contributed by atoms with van der Waals surface area (Å²) >= 11 is 0. The molecule has 0 saturated heterocycles. The molecule has 1 rings (SSSR count). The molecule has 0 aliphatic carbocycles. The summed E-state index contributed by atoms with van der Waals surface area (Å²) in [5.74, 6) is -0.0631. The van der Waals surface area contributed by atoms with E-state index < -0.39 is 0 Å². The van der Waals surface area contributed by atoms with E-state index in [9.17, 15) is 4.79 Å². The molecule has 0 unspecified atom stereocenters. The minimum absolute atomic E-state index is 0.0631. The average molecular weight is 218 g/mol. The molecule has 0 heterocycles. The van der Waals surface area contributed by atoms with Gasteiger partial charge < -0.3 is 11.1 Å². The highest BCUT2D eigenvalue weighted by Crippen LogP contribution is 2.07. The molecule has 0 bridgehead atoms. The Labute approximate surface area is 96.3 Å². The van der Waals surface area contributed by atoms with Crippen LogP contribution < -0.4 is 11.1 Å². The number of allylic oxidation sites excluding steroid dienone is 1. The van der Waals surface area contributed by atoms with E-state index in [1.165, 1.54) is 0 Å². The lowest BCUT2D eigenvalue weighted by Crippen LogP contribution is -2.21. The standard InChI is InChI=1S/C13H18N2O/c1-10(2)7-13(16)15-9-12-6-4-3-5-11(12)8-14/h3-7H,8-9,14H2,1-2H3,(H,15,16). The molecule has 1 amide bonds. The van der Waals surface area contributed by atoms with Gasteiger partial charge in [-0.2, -0.15) is 0 Å². The van der Waals surface area contributed by atoms with E-state index in [4.69, 9.17) is 5.73 Å². The molecular weight excluding hydrogens is 200 g/mol. The summed E-state index contributed by atoms with van der Waals surface area (Å²) in [6.45, 7) is 4.81. The predicted octanol–water partition coefficient (Wildman–Crippen LogP) is 1.73. The van der Waals surface area contributed by atoms with Gasteiger partial charge in [0.1, 0.15) is 0 Å². The van der Waals surface area contributed by atoms with Crippen LogP contribution >= 0.6 is 0 Å². The summed E-state index contributed by atoms with van der Waals surface area (Å²) in [6, 6.07) is 7.85. The number of carbonyl (C=O) groups is 1. The number of hydrogen-bond donors (Lipinski definition) is 2. The number of hydrogen-bond acceptors (Lipinski definition) is 2. The molecule has 1 aromatic rings. The van der Waals surface area contributed by atoms with Gasteiger partial charge >= 0.3 is 0 Å². The van der Waals surface area contributed by atoms with Crippen LogP contribution in [0.1, 0.15) is 25.0 Å². The highest BCUT2D eigenvalue weighted by molar-refractivity contribution is 5.87. The third kappa shape index (κ3) is 3.87. The van der Waals surface area contributed by atoms with Crippen LogP contribution in [0, 0.1) is 0 Å². The Bertz CT molecular complexity index is 393. The Balaban J connectivity index is 2.61. The quantitative estimate of drug-likeness (QED) is 0.756. The van der Waals surface area contributed by atoms with Crippen LogP contribution in [-0.2, 0) is 17.9 Å². The first-order valence-corrected chi connectivity index (χ1v) is 5.33. The molecule has 0 aliphatic heterocycles. The largest absolute Gasteiger partial charge is 0.348 e. The number of rotatable bonds is 4. The zero-order chi connectivity index (χ0) is 12.0. The Hall–Kier alpha value is -1.61. The van der Waals surface area contributed by atoms with E-state index >= 15 is 0 Å². The van der Waals surface area contributed by atoms with E-state index in [1.807, 2.05) is 38.1 Å². The van der Waals surface area contributed by atoms with Crippen molar-refractivity contribution in [3.05, 3.63) is 47.0 Å². The number of nitrogens with one attached hydrogen (secondary N) is 1. The molecule has 86 valence electrons. The van der Waals surface area contributed by atoms with Gasteiger partial charge in [0.05, 0.1) is 0 Å². The van der Waals surface area contributed by atoms with E-state index in [2.05, 4.69) is 5.32 Å². The van der Waals surface area contributed by atoms with Crippen LogP contribution in [0.3, 0.4) is 0 Å². The fourth-order valence-electron chi connectivity index (χ4n) is 1.42. The van der Waals surface area contributed by atoms with Gasteiger partial charge in [-0.05, 0) is 25.0 Å². The van der Waals surface area contributed by atoms with Crippen molar-refractivity contribution in [3.8, 4) is 0 Å². The number of carbonyl (C=O) groups excluding carboxylic acids is 1. The van der Waals surface area contributed by atoms with E-state index in [0.29, 0.717) is 13.1 Å². The van der Waals surface area contributed by atoms with Gasteiger partial charge in [0.15, 0.2) is 0 Å². The Kier molecular flexibility index (Phi) is 4.73. The third-order valence-corrected chi connectivity index (χ3v) is 2.21. The monoisotopic (exact) mass is 218 g/mol. The second-order valence-electron chi connectivity index (χ2n) is 3.91.